The number of likely N-dealkylation sites (tertiary alicyclic amines) is 1. The molecule has 0 aliphatic carbocycles. The zero-order valence-corrected chi connectivity index (χ0v) is 20.4. The highest BCUT2D eigenvalue weighted by Gasteiger charge is 2.25. The number of nitrogens with one attached hydrogen (secondary N) is 1. The maximum atomic E-state index is 13.7. The van der Waals surface area contributed by atoms with Crippen molar-refractivity contribution in [2.75, 3.05) is 18.4 Å². The number of hydrogen-bond acceptors (Lipinski definition) is 4. The third-order valence-corrected chi connectivity index (χ3v) is 6.58. The average molecular weight is 514 g/mol. The van der Waals surface area contributed by atoms with Crippen LogP contribution < -0.4 is 5.32 Å². The summed E-state index contributed by atoms with van der Waals surface area (Å²) >= 11 is 0. The Hall–Kier alpha value is -4.66. The smallest absolute Gasteiger partial charge is 0.253 e. The van der Waals surface area contributed by atoms with Gasteiger partial charge >= 0.3 is 0 Å². The van der Waals surface area contributed by atoms with Gasteiger partial charge in [0, 0.05) is 42.0 Å². The topological polar surface area (TPSA) is 80.1 Å². The van der Waals surface area contributed by atoms with Crippen LogP contribution in [0.5, 0.6) is 0 Å². The fourth-order valence-corrected chi connectivity index (χ4v) is 4.55. The number of nitrogens with zero attached hydrogens (tertiary/aromatic N) is 4. The van der Waals surface area contributed by atoms with Gasteiger partial charge in [0.05, 0.1) is 5.69 Å². The first-order valence-corrected chi connectivity index (χ1v) is 12.2. The van der Waals surface area contributed by atoms with Gasteiger partial charge in [-0.05, 0) is 72.9 Å². The molecule has 5 rings (SSSR count). The van der Waals surface area contributed by atoms with Crippen LogP contribution in [0.3, 0.4) is 0 Å². The Morgan fingerprint density at radius 1 is 0.974 bits per heavy atom. The van der Waals surface area contributed by atoms with E-state index in [1.54, 1.807) is 11.0 Å². The van der Waals surface area contributed by atoms with E-state index in [1.165, 1.54) is 24.5 Å². The summed E-state index contributed by atoms with van der Waals surface area (Å²) in [5, 5.41) is 6.86. The van der Waals surface area contributed by atoms with Gasteiger partial charge in [-0.3, -0.25) is 9.59 Å². The molecule has 192 valence electrons. The molecule has 0 bridgehead atoms. The monoisotopic (exact) mass is 513 g/mol. The Bertz CT molecular complexity index is 1460. The number of anilines is 1. The van der Waals surface area contributed by atoms with E-state index < -0.39 is 17.5 Å². The van der Waals surface area contributed by atoms with E-state index >= 15 is 0 Å². The van der Waals surface area contributed by atoms with E-state index in [0.29, 0.717) is 30.3 Å². The number of amides is 2. The largest absolute Gasteiger partial charge is 0.339 e. The molecule has 4 aromatic rings. The second kappa shape index (κ2) is 11.2. The summed E-state index contributed by atoms with van der Waals surface area (Å²) < 4.78 is 28.4. The van der Waals surface area contributed by atoms with Crippen molar-refractivity contribution in [2.24, 2.45) is 0 Å². The molecule has 7 nitrogen and oxygen atoms in total. The first kappa shape index (κ1) is 25.0. The Morgan fingerprint density at radius 2 is 1.76 bits per heavy atom. The van der Waals surface area contributed by atoms with Crippen LogP contribution in [0.2, 0.25) is 0 Å². The number of piperidine rings is 1. The second-order valence-corrected chi connectivity index (χ2v) is 9.07. The molecule has 0 saturated carbocycles. The number of carbonyl (C=O) groups excluding carboxylic acids is 2. The molecule has 1 aliphatic rings. The highest BCUT2D eigenvalue weighted by Crippen LogP contribution is 2.29. The summed E-state index contributed by atoms with van der Waals surface area (Å²) in [5.41, 5.74) is 3.29. The number of carbonyl (C=O) groups is 2. The Labute approximate surface area is 218 Å². The van der Waals surface area contributed by atoms with Gasteiger partial charge in [-0.15, -0.1) is 0 Å². The highest BCUT2D eigenvalue weighted by molar-refractivity contribution is 6.02. The summed E-state index contributed by atoms with van der Waals surface area (Å²) in [6.07, 6.45) is 7.24. The van der Waals surface area contributed by atoms with Gasteiger partial charge in [0.2, 0.25) is 5.91 Å². The fraction of sp³-hybridized carbons (Fsp3) is 0.172. The SMILES string of the molecule is O=C(/C=C/c1ccc(F)cc1F)Nc1ccc(C2CCN(C(=O)c3cccc(-n4cncn4)c3)CC2)cc1. The molecule has 2 heterocycles. The molecular formula is C29H25F2N5O2. The van der Waals surface area contributed by atoms with Crippen LogP contribution in [-0.2, 0) is 4.79 Å². The average Bonchev–Trinajstić information content (AvgIpc) is 3.48. The van der Waals surface area contributed by atoms with E-state index in [1.807, 2.05) is 53.4 Å². The van der Waals surface area contributed by atoms with Crippen LogP contribution in [-0.4, -0.2) is 44.6 Å². The highest BCUT2D eigenvalue weighted by atomic mass is 19.1. The van der Waals surface area contributed by atoms with Crippen LogP contribution in [0.25, 0.3) is 11.8 Å². The predicted molar refractivity (Wildman–Crippen MR) is 140 cm³/mol. The zero-order valence-electron chi connectivity index (χ0n) is 20.4. The third-order valence-electron chi connectivity index (χ3n) is 6.58. The van der Waals surface area contributed by atoms with Crippen LogP contribution in [0.4, 0.5) is 14.5 Å². The summed E-state index contributed by atoms with van der Waals surface area (Å²) in [4.78, 5) is 31.1. The fourth-order valence-electron chi connectivity index (χ4n) is 4.55. The minimum atomic E-state index is -0.730. The summed E-state index contributed by atoms with van der Waals surface area (Å²) in [6.45, 7) is 1.31. The molecule has 3 aromatic carbocycles. The molecule has 0 radical (unpaired) electrons. The molecule has 1 fully saturated rings. The van der Waals surface area contributed by atoms with E-state index in [4.69, 9.17) is 0 Å². The van der Waals surface area contributed by atoms with Crippen molar-refractivity contribution in [3.8, 4) is 5.69 Å². The number of aromatic nitrogens is 3. The standard InChI is InChI=1S/C29H25F2N5O2/c30-24-8-4-22(27(31)17-24)7-11-28(37)34-25-9-5-20(6-10-25)21-12-14-35(15-13-21)29(38)23-2-1-3-26(16-23)36-19-32-18-33-36/h1-11,16-19,21H,12-15H2,(H,34,37)/b11-7+. The first-order chi connectivity index (χ1) is 18.5. The van der Waals surface area contributed by atoms with E-state index in [0.717, 1.165) is 36.2 Å². The molecule has 0 spiro atoms. The molecule has 1 saturated heterocycles. The molecule has 0 unspecified atom stereocenters. The van der Waals surface area contributed by atoms with Gasteiger partial charge in [-0.2, -0.15) is 5.10 Å². The lowest BCUT2D eigenvalue weighted by atomic mass is 9.89. The predicted octanol–water partition coefficient (Wildman–Crippen LogP) is 5.22. The first-order valence-electron chi connectivity index (χ1n) is 12.2. The van der Waals surface area contributed by atoms with Crippen molar-refractivity contribution in [3.05, 3.63) is 114 Å². The van der Waals surface area contributed by atoms with Gasteiger partial charge in [-0.25, -0.2) is 18.4 Å². The van der Waals surface area contributed by atoms with Gasteiger partial charge in [-0.1, -0.05) is 18.2 Å². The minimum absolute atomic E-state index is 0.00273. The van der Waals surface area contributed by atoms with E-state index in [-0.39, 0.29) is 11.5 Å². The van der Waals surface area contributed by atoms with Crippen molar-refractivity contribution in [1.29, 1.82) is 0 Å². The molecule has 2 amide bonds. The number of benzene rings is 3. The van der Waals surface area contributed by atoms with Crippen molar-refractivity contribution in [3.63, 3.8) is 0 Å². The Kier molecular flexibility index (Phi) is 7.35. The Morgan fingerprint density at radius 3 is 2.47 bits per heavy atom. The summed E-state index contributed by atoms with van der Waals surface area (Å²) in [6, 6.07) is 18.1. The van der Waals surface area contributed by atoms with Crippen LogP contribution in [0, 0.1) is 11.6 Å². The van der Waals surface area contributed by atoms with Gasteiger partial charge in [0.1, 0.15) is 24.3 Å². The molecule has 9 heteroatoms. The van der Waals surface area contributed by atoms with Crippen molar-refractivity contribution < 1.29 is 18.4 Å². The maximum Gasteiger partial charge on any atom is 0.253 e. The molecule has 1 aromatic heterocycles. The number of hydrogen-bond donors (Lipinski definition) is 1. The van der Waals surface area contributed by atoms with Crippen LogP contribution in [0.15, 0.2) is 85.5 Å². The van der Waals surface area contributed by atoms with Crippen LogP contribution >= 0.6 is 0 Å². The molecule has 1 N–H and O–H groups in total. The molecule has 38 heavy (non-hydrogen) atoms. The molecule has 0 atom stereocenters. The lowest BCUT2D eigenvalue weighted by molar-refractivity contribution is -0.111. The Balaban J connectivity index is 1.14. The quantitative estimate of drug-likeness (QED) is 0.359. The summed E-state index contributed by atoms with van der Waals surface area (Å²) in [7, 11) is 0. The summed E-state index contributed by atoms with van der Waals surface area (Å²) in [5.74, 6) is -1.51. The second-order valence-electron chi connectivity index (χ2n) is 9.07. The van der Waals surface area contributed by atoms with Gasteiger partial charge < -0.3 is 10.2 Å². The van der Waals surface area contributed by atoms with Crippen molar-refractivity contribution in [2.45, 2.75) is 18.8 Å². The van der Waals surface area contributed by atoms with Crippen LogP contribution in [0.1, 0.15) is 40.2 Å². The van der Waals surface area contributed by atoms with Gasteiger partial charge in [0.15, 0.2) is 0 Å². The third kappa shape index (κ3) is 5.83. The maximum absolute atomic E-state index is 13.7. The van der Waals surface area contributed by atoms with Gasteiger partial charge in [0.25, 0.3) is 5.91 Å². The number of halogens is 2. The molecule has 1 aliphatic heterocycles. The lowest BCUT2D eigenvalue weighted by Crippen LogP contribution is -2.37. The number of rotatable bonds is 6. The minimum Gasteiger partial charge on any atom is -0.339 e. The van der Waals surface area contributed by atoms with E-state index in [9.17, 15) is 18.4 Å². The van der Waals surface area contributed by atoms with Crippen molar-refractivity contribution >= 4 is 23.6 Å². The lowest BCUT2D eigenvalue weighted by Gasteiger charge is -2.32. The van der Waals surface area contributed by atoms with E-state index in [2.05, 4.69) is 15.4 Å². The van der Waals surface area contributed by atoms with Crippen molar-refractivity contribution in [1.82, 2.24) is 19.7 Å². The molecular weight excluding hydrogens is 488 g/mol. The normalized spacial score (nSPS) is 14.1. The zero-order chi connectivity index (χ0) is 26.5.